The molecule has 4 aliphatic rings. The molecule has 3 saturated carbocycles. The number of hydrogen-bond donors (Lipinski definition) is 1. The van der Waals surface area contributed by atoms with E-state index in [4.69, 9.17) is 9.31 Å². The fourth-order valence-corrected chi connectivity index (χ4v) is 4.27. The normalized spacial score (nSPS) is 44.2. The molecule has 1 N–H and O–H groups in total. The third-order valence-electron chi connectivity index (χ3n) is 5.52. The van der Waals surface area contributed by atoms with Gasteiger partial charge in [0.15, 0.2) is 0 Å². The van der Waals surface area contributed by atoms with Crippen molar-refractivity contribution in [2.24, 2.45) is 17.3 Å². The second-order valence-corrected chi connectivity index (χ2v) is 6.84. The van der Waals surface area contributed by atoms with Crippen LogP contribution in [0, 0.1) is 17.3 Å². The molecule has 2 bridgehead atoms. The van der Waals surface area contributed by atoms with E-state index in [-0.39, 0.29) is 24.7 Å². The second-order valence-electron chi connectivity index (χ2n) is 6.84. The van der Waals surface area contributed by atoms with Gasteiger partial charge in [-0.1, -0.05) is 13.8 Å². The van der Waals surface area contributed by atoms with Gasteiger partial charge in [0.2, 0.25) is 5.91 Å². The summed E-state index contributed by atoms with van der Waals surface area (Å²) in [6.07, 6.45) is 3.01. The van der Waals surface area contributed by atoms with Gasteiger partial charge in [-0.05, 0) is 37.0 Å². The number of carbonyl (C=O) groups is 1. The molecular weight excluding hydrogens is 229 g/mol. The monoisotopic (exact) mass is 251 g/mol. The molecule has 1 saturated heterocycles. The minimum atomic E-state index is -0.279. The lowest BCUT2D eigenvalue weighted by molar-refractivity contribution is -0.199. The first kappa shape index (κ1) is 12.5. The van der Waals surface area contributed by atoms with Crippen LogP contribution in [0.5, 0.6) is 0 Å². The van der Waals surface area contributed by atoms with E-state index in [1.54, 1.807) is 0 Å². The van der Waals surface area contributed by atoms with Crippen molar-refractivity contribution in [1.29, 1.82) is 0 Å². The summed E-state index contributed by atoms with van der Waals surface area (Å²) in [5.74, 6) is 1.31. The van der Waals surface area contributed by atoms with Crippen LogP contribution in [-0.2, 0) is 14.1 Å². The maximum atomic E-state index is 10.9. The average Bonchev–Trinajstić information content (AvgIpc) is 2.61. The molecule has 4 atom stereocenters. The first-order valence-corrected chi connectivity index (χ1v) is 6.91. The number of carbonyl (C=O) groups excluding carboxylic acids is 1. The Kier molecular flexibility index (Phi) is 2.59. The zero-order chi connectivity index (χ0) is 13.1. The quantitative estimate of drug-likeness (QED) is 0.754. The first-order chi connectivity index (χ1) is 8.34. The molecule has 4 fully saturated rings. The van der Waals surface area contributed by atoms with Gasteiger partial charge in [0, 0.05) is 6.92 Å². The predicted octanol–water partition coefficient (Wildman–Crippen LogP) is 1.39. The van der Waals surface area contributed by atoms with E-state index in [9.17, 15) is 4.79 Å². The summed E-state index contributed by atoms with van der Waals surface area (Å²) >= 11 is 0. The fourth-order valence-electron chi connectivity index (χ4n) is 4.27. The van der Waals surface area contributed by atoms with E-state index < -0.39 is 0 Å². The van der Waals surface area contributed by atoms with Crippen LogP contribution in [-0.4, -0.2) is 31.2 Å². The minimum Gasteiger partial charge on any atom is -0.404 e. The van der Waals surface area contributed by atoms with Crippen molar-refractivity contribution in [2.45, 2.75) is 52.2 Å². The molecular formula is C13H22BNO3. The summed E-state index contributed by atoms with van der Waals surface area (Å²) in [6.45, 7) is 8.40. The average molecular weight is 251 g/mol. The first-order valence-electron chi connectivity index (χ1n) is 6.91. The molecule has 0 spiro atoms. The summed E-state index contributed by atoms with van der Waals surface area (Å²) < 4.78 is 12.1. The molecule has 3 aliphatic carbocycles. The predicted molar refractivity (Wildman–Crippen MR) is 68.8 cm³/mol. The number of rotatable bonds is 2. The zero-order valence-electron chi connectivity index (χ0n) is 11.7. The zero-order valence-corrected chi connectivity index (χ0v) is 11.7. The Bertz CT molecular complexity index is 386. The van der Waals surface area contributed by atoms with Crippen molar-refractivity contribution in [3.8, 4) is 0 Å². The highest BCUT2D eigenvalue weighted by Gasteiger charge is 2.67. The van der Waals surface area contributed by atoms with Gasteiger partial charge in [-0.15, -0.1) is 0 Å². The molecule has 1 aliphatic heterocycles. The Hall–Kier alpha value is -0.545. The third kappa shape index (κ3) is 1.56. The maximum Gasteiger partial charge on any atom is 0.478 e. The van der Waals surface area contributed by atoms with Crippen molar-refractivity contribution in [1.82, 2.24) is 5.32 Å². The van der Waals surface area contributed by atoms with E-state index in [2.05, 4.69) is 26.1 Å². The van der Waals surface area contributed by atoms with Crippen LogP contribution < -0.4 is 5.32 Å². The summed E-state index contributed by atoms with van der Waals surface area (Å²) in [6, 6.07) is 0. The van der Waals surface area contributed by atoms with Gasteiger partial charge in [-0.2, -0.15) is 0 Å². The Labute approximate surface area is 109 Å². The van der Waals surface area contributed by atoms with E-state index in [0.717, 1.165) is 12.3 Å². The molecule has 4 rings (SSSR count). The summed E-state index contributed by atoms with van der Waals surface area (Å²) in [5.41, 5.74) is 0.207. The van der Waals surface area contributed by atoms with Crippen molar-refractivity contribution in [3.05, 3.63) is 0 Å². The topological polar surface area (TPSA) is 47.6 Å². The van der Waals surface area contributed by atoms with Crippen molar-refractivity contribution >= 4 is 13.0 Å². The maximum absolute atomic E-state index is 10.9. The lowest BCUT2D eigenvalue weighted by atomic mass is 9.43. The van der Waals surface area contributed by atoms with Gasteiger partial charge >= 0.3 is 7.12 Å². The van der Waals surface area contributed by atoms with E-state index in [1.807, 2.05) is 0 Å². The van der Waals surface area contributed by atoms with Crippen LogP contribution in [0.4, 0.5) is 0 Å². The summed E-state index contributed by atoms with van der Waals surface area (Å²) in [7, 11) is -0.279. The van der Waals surface area contributed by atoms with Crippen LogP contribution in [0.2, 0.25) is 0 Å². The largest absolute Gasteiger partial charge is 0.478 e. The van der Waals surface area contributed by atoms with Gasteiger partial charge in [0.05, 0.1) is 18.1 Å². The van der Waals surface area contributed by atoms with E-state index in [1.165, 1.54) is 13.3 Å². The highest BCUT2D eigenvalue weighted by molar-refractivity contribution is 6.45. The molecule has 0 aromatic rings. The van der Waals surface area contributed by atoms with Crippen molar-refractivity contribution in [2.75, 3.05) is 6.44 Å². The Morgan fingerprint density at radius 1 is 1.39 bits per heavy atom. The highest BCUT2D eigenvalue weighted by atomic mass is 16.7. The Morgan fingerprint density at radius 3 is 2.72 bits per heavy atom. The van der Waals surface area contributed by atoms with E-state index >= 15 is 0 Å². The van der Waals surface area contributed by atoms with Crippen LogP contribution >= 0.6 is 0 Å². The number of nitrogens with one attached hydrogen (secondary N) is 1. The standard InChI is InChI=1S/C13H22BNO3/c1-8(16)15-7-14-17-11-6-9-5-10(12(9,2)3)13(11,4)18-14/h9-11H,5-7H2,1-4H3,(H,15,16)/t9-,10-,11?,13-/m0/s1. The van der Waals surface area contributed by atoms with Crippen LogP contribution in [0.3, 0.4) is 0 Å². The number of amides is 1. The van der Waals surface area contributed by atoms with Gasteiger partial charge in [0.25, 0.3) is 0 Å². The fraction of sp³-hybridized carbons (Fsp3) is 0.923. The van der Waals surface area contributed by atoms with E-state index in [0.29, 0.717) is 17.8 Å². The van der Waals surface area contributed by atoms with Crippen LogP contribution in [0.1, 0.15) is 40.5 Å². The summed E-state index contributed by atoms with van der Waals surface area (Å²) in [4.78, 5) is 10.9. The number of hydrogen-bond acceptors (Lipinski definition) is 3. The molecule has 0 radical (unpaired) electrons. The highest BCUT2D eigenvalue weighted by Crippen LogP contribution is 2.65. The van der Waals surface area contributed by atoms with Gasteiger partial charge in [-0.3, -0.25) is 4.79 Å². The molecule has 0 aromatic heterocycles. The summed E-state index contributed by atoms with van der Waals surface area (Å²) in [5, 5.41) is 2.77. The molecule has 1 amide bonds. The molecule has 0 aromatic carbocycles. The lowest BCUT2D eigenvalue weighted by Crippen LogP contribution is -2.65. The Balaban J connectivity index is 1.71. The Morgan fingerprint density at radius 2 is 2.11 bits per heavy atom. The second kappa shape index (κ2) is 3.73. The van der Waals surface area contributed by atoms with Gasteiger partial charge in [0.1, 0.15) is 0 Å². The van der Waals surface area contributed by atoms with Crippen molar-refractivity contribution < 1.29 is 14.1 Å². The molecule has 5 heteroatoms. The molecule has 100 valence electrons. The van der Waals surface area contributed by atoms with Crippen molar-refractivity contribution in [3.63, 3.8) is 0 Å². The van der Waals surface area contributed by atoms with Gasteiger partial charge < -0.3 is 14.6 Å². The van der Waals surface area contributed by atoms with Gasteiger partial charge in [-0.25, -0.2) is 0 Å². The minimum absolute atomic E-state index is 0.0353. The SMILES string of the molecule is CC(=O)NCB1OC2C[C@@H]3C[C@@H](C3(C)C)[C@]2(C)O1. The molecule has 4 nitrogen and oxygen atoms in total. The van der Waals surface area contributed by atoms with Crippen LogP contribution in [0.25, 0.3) is 0 Å². The molecule has 1 heterocycles. The third-order valence-corrected chi connectivity index (χ3v) is 5.52. The lowest BCUT2D eigenvalue weighted by Gasteiger charge is -2.64. The molecule has 18 heavy (non-hydrogen) atoms. The van der Waals surface area contributed by atoms with Crippen LogP contribution in [0.15, 0.2) is 0 Å². The molecule has 1 unspecified atom stereocenters. The smallest absolute Gasteiger partial charge is 0.404 e.